The molecule has 5 rings (SSSR count). The Morgan fingerprint density at radius 1 is 0.761 bits per heavy atom. The average molecular weight is 662 g/mol. The van der Waals surface area contributed by atoms with Crippen molar-refractivity contribution in [1.82, 2.24) is 9.36 Å². The molecule has 238 valence electrons. The van der Waals surface area contributed by atoms with Crippen molar-refractivity contribution >= 4 is 43.0 Å². The Hall–Kier alpha value is -5.34. The summed E-state index contributed by atoms with van der Waals surface area (Å²) in [6, 6.07) is 24.8. The molecule has 1 amide bonds. The number of benzene rings is 4. The first-order valence-corrected chi connectivity index (χ1v) is 16.8. The Kier molecular flexibility index (Phi) is 8.76. The molecule has 5 aromatic rings. The molecule has 14 heteroatoms. The molecule has 0 saturated carbocycles. The molecule has 3 N–H and O–H groups in total. The first kappa shape index (κ1) is 32.1. The number of sulfonamides is 2. The van der Waals surface area contributed by atoms with E-state index in [2.05, 4.69) is 14.8 Å². The fourth-order valence-electron chi connectivity index (χ4n) is 4.72. The van der Waals surface area contributed by atoms with Gasteiger partial charge in [0.2, 0.25) is 0 Å². The molecule has 0 spiro atoms. The van der Waals surface area contributed by atoms with Crippen LogP contribution in [0, 0.1) is 13.8 Å². The van der Waals surface area contributed by atoms with Gasteiger partial charge in [-0.25, -0.2) is 21.5 Å². The number of methoxy groups -OCH3 is 1. The highest BCUT2D eigenvalue weighted by molar-refractivity contribution is 7.93. The van der Waals surface area contributed by atoms with Crippen LogP contribution < -0.4 is 25.1 Å². The Balaban J connectivity index is 1.37. The second kappa shape index (κ2) is 12.6. The average Bonchev–Trinajstić information content (AvgIpc) is 3.24. The summed E-state index contributed by atoms with van der Waals surface area (Å²) in [7, 11) is -5.17. The summed E-state index contributed by atoms with van der Waals surface area (Å²) >= 11 is 0. The summed E-state index contributed by atoms with van der Waals surface area (Å²) in [5.74, 6) is -0.104. The van der Waals surface area contributed by atoms with Crippen molar-refractivity contribution in [1.29, 1.82) is 0 Å². The van der Waals surface area contributed by atoms with E-state index in [9.17, 15) is 26.4 Å². The first-order chi connectivity index (χ1) is 21.8. The van der Waals surface area contributed by atoms with Gasteiger partial charge in [0, 0.05) is 24.0 Å². The van der Waals surface area contributed by atoms with Crippen molar-refractivity contribution in [2.45, 2.75) is 23.6 Å². The maximum atomic E-state index is 13.4. The highest BCUT2D eigenvalue weighted by atomic mass is 32.2. The first-order valence-electron chi connectivity index (χ1n) is 13.9. The number of rotatable bonds is 10. The number of hydrogen-bond donors (Lipinski definition) is 3. The predicted octanol–water partition coefficient (Wildman–Crippen LogP) is 4.66. The van der Waals surface area contributed by atoms with E-state index in [1.54, 1.807) is 86.2 Å². The molecule has 0 atom stereocenters. The van der Waals surface area contributed by atoms with Crippen LogP contribution in [0.4, 0.5) is 17.1 Å². The van der Waals surface area contributed by atoms with Crippen molar-refractivity contribution in [2.24, 2.45) is 7.05 Å². The summed E-state index contributed by atoms with van der Waals surface area (Å²) in [4.78, 5) is 26.1. The molecule has 0 radical (unpaired) electrons. The number of carbonyl (C=O) groups is 1. The lowest BCUT2D eigenvalue weighted by Crippen LogP contribution is -2.23. The topological polar surface area (TPSA) is 158 Å². The molecule has 0 unspecified atom stereocenters. The number of aryl methyl sites for hydroxylation is 1. The molecule has 0 bridgehead atoms. The molecule has 46 heavy (non-hydrogen) atoms. The Morgan fingerprint density at radius 2 is 1.43 bits per heavy atom. The van der Waals surface area contributed by atoms with Crippen LogP contribution in [0.2, 0.25) is 0 Å². The molecule has 1 heterocycles. The van der Waals surface area contributed by atoms with Crippen LogP contribution in [0.15, 0.2) is 112 Å². The van der Waals surface area contributed by atoms with Crippen molar-refractivity contribution in [3.05, 3.63) is 124 Å². The minimum Gasteiger partial charge on any atom is -0.497 e. The van der Waals surface area contributed by atoms with Gasteiger partial charge in [0.15, 0.2) is 0 Å². The minimum atomic E-state index is -4.29. The molecule has 0 aliphatic heterocycles. The van der Waals surface area contributed by atoms with Crippen LogP contribution in [0.25, 0.3) is 5.69 Å². The van der Waals surface area contributed by atoms with Gasteiger partial charge in [-0.05, 0) is 86.1 Å². The number of amides is 1. The van der Waals surface area contributed by atoms with E-state index in [0.717, 1.165) is 0 Å². The zero-order chi connectivity index (χ0) is 33.2. The maximum absolute atomic E-state index is 13.4. The van der Waals surface area contributed by atoms with Gasteiger partial charge >= 0.3 is 0 Å². The van der Waals surface area contributed by atoms with E-state index in [0.29, 0.717) is 28.4 Å². The van der Waals surface area contributed by atoms with Crippen molar-refractivity contribution in [3.63, 3.8) is 0 Å². The summed E-state index contributed by atoms with van der Waals surface area (Å²) < 4.78 is 66.0. The van der Waals surface area contributed by atoms with Crippen LogP contribution in [-0.2, 0) is 27.1 Å². The third-order valence-electron chi connectivity index (χ3n) is 7.27. The van der Waals surface area contributed by atoms with Gasteiger partial charge in [0.1, 0.15) is 11.4 Å². The predicted molar refractivity (Wildman–Crippen MR) is 176 cm³/mol. The molecule has 12 nitrogen and oxygen atoms in total. The number of nitrogens with zero attached hydrogens (tertiary/aromatic N) is 2. The molecule has 0 aliphatic carbocycles. The second-order valence-electron chi connectivity index (χ2n) is 10.3. The van der Waals surface area contributed by atoms with E-state index in [-0.39, 0.29) is 26.7 Å². The highest BCUT2D eigenvalue weighted by Gasteiger charge is 2.24. The number of aromatic nitrogens is 2. The normalized spacial score (nSPS) is 11.6. The number of hydrogen-bond acceptors (Lipinski definition) is 7. The summed E-state index contributed by atoms with van der Waals surface area (Å²) in [5, 5.41) is 2.63. The number of ether oxygens (including phenoxy) is 1. The van der Waals surface area contributed by atoms with Crippen LogP contribution >= 0.6 is 0 Å². The molecule has 0 aliphatic rings. The Bertz CT molecular complexity index is 2210. The lowest BCUT2D eigenvalue weighted by molar-refractivity contribution is 0.102. The molecule has 0 fully saturated rings. The Morgan fingerprint density at radius 3 is 2.11 bits per heavy atom. The van der Waals surface area contributed by atoms with Crippen LogP contribution in [0.3, 0.4) is 0 Å². The largest absolute Gasteiger partial charge is 0.497 e. The fourth-order valence-corrected chi connectivity index (χ4v) is 7.22. The summed E-state index contributed by atoms with van der Waals surface area (Å²) in [6.45, 7) is 3.24. The van der Waals surface area contributed by atoms with E-state index in [4.69, 9.17) is 4.74 Å². The lowest BCUT2D eigenvalue weighted by atomic mass is 10.2. The maximum Gasteiger partial charge on any atom is 0.296 e. The zero-order valence-electron chi connectivity index (χ0n) is 25.3. The highest BCUT2D eigenvalue weighted by Crippen LogP contribution is 2.25. The van der Waals surface area contributed by atoms with E-state index >= 15 is 0 Å². The monoisotopic (exact) mass is 661 g/mol. The van der Waals surface area contributed by atoms with Crippen molar-refractivity contribution in [3.8, 4) is 11.4 Å². The van der Waals surface area contributed by atoms with Crippen LogP contribution in [-0.4, -0.2) is 39.2 Å². The number of anilines is 3. The third-order valence-corrected chi connectivity index (χ3v) is 10.1. The summed E-state index contributed by atoms with van der Waals surface area (Å²) in [5.41, 5.74) is 1.21. The number of para-hydroxylation sites is 1. The Labute approximate surface area is 266 Å². The lowest BCUT2D eigenvalue weighted by Gasteiger charge is -2.13. The van der Waals surface area contributed by atoms with Crippen molar-refractivity contribution in [2.75, 3.05) is 21.9 Å². The van der Waals surface area contributed by atoms with Gasteiger partial charge in [-0.1, -0.05) is 30.3 Å². The molecule has 1 aromatic heterocycles. The van der Waals surface area contributed by atoms with E-state index in [1.165, 1.54) is 48.2 Å². The molecular weight excluding hydrogens is 631 g/mol. The second-order valence-corrected chi connectivity index (χ2v) is 13.7. The molecular formula is C32H31N5O7S2. The van der Waals surface area contributed by atoms with Gasteiger partial charge < -0.3 is 10.1 Å². The van der Waals surface area contributed by atoms with Crippen LogP contribution in [0.1, 0.15) is 21.6 Å². The zero-order valence-corrected chi connectivity index (χ0v) is 26.9. The fraction of sp³-hybridized carbons (Fsp3) is 0.125. The molecule has 0 saturated heterocycles. The summed E-state index contributed by atoms with van der Waals surface area (Å²) in [6.07, 6.45) is 0. The van der Waals surface area contributed by atoms with Gasteiger partial charge in [-0.15, -0.1) is 0 Å². The minimum absolute atomic E-state index is 0.00399. The van der Waals surface area contributed by atoms with Gasteiger partial charge in [-0.3, -0.25) is 23.7 Å². The number of nitrogens with one attached hydrogen (secondary N) is 3. The SMILES string of the molecule is COc1ccc(NS(=O)(=O)c2cc(NC(=O)c3cccc(S(=O)(=O)Nc4c(C)n(C)n(-c5ccccc5)c4=O)c3)ccc2C)cc1. The quantitative estimate of drug-likeness (QED) is 0.197. The van der Waals surface area contributed by atoms with Gasteiger partial charge in [-0.2, -0.15) is 0 Å². The van der Waals surface area contributed by atoms with Gasteiger partial charge in [0.25, 0.3) is 31.5 Å². The third kappa shape index (κ3) is 6.53. The van der Waals surface area contributed by atoms with Crippen molar-refractivity contribution < 1.29 is 26.4 Å². The smallest absolute Gasteiger partial charge is 0.296 e. The standard InChI is InChI=1S/C32H31N5O7S2/c1-21-13-14-25(20-29(21)46(42,43)34-24-15-17-27(44-4)18-16-24)33-31(38)23-9-8-12-28(19-23)45(40,41)35-30-22(2)36(3)37(32(30)39)26-10-6-5-7-11-26/h5-20,34-35H,1-4H3,(H,33,38). The van der Waals surface area contributed by atoms with Gasteiger partial charge in [0.05, 0.1) is 28.3 Å². The van der Waals surface area contributed by atoms with Crippen LogP contribution in [0.5, 0.6) is 5.75 Å². The van der Waals surface area contributed by atoms with E-state index in [1.807, 2.05) is 0 Å². The number of carbonyl (C=O) groups excluding carboxylic acids is 1. The molecule has 4 aromatic carbocycles. The van der Waals surface area contributed by atoms with E-state index < -0.39 is 31.5 Å².